The number of benzene rings is 2. The van der Waals surface area contributed by atoms with Gasteiger partial charge in [-0.1, -0.05) is 36.4 Å². The molecule has 2 saturated heterocycles. The molecule has 0 spiro atoms. The molecule has 0 bridgehead atoms. The Kier molecular flexibility index (Phi) is 8.19. The molecule has 34 heavy (non-hydrogen) atoms. The Labute approximate surface area is 202 Å². The predicted octanol–water partition coefficient (Wildman–Crippen LogP) is 2.71. The molecule has 2 aromatic rings. The number of piperazine rings is 1. The summed E-state index contributed by atoms with van der Waals surface area (Å²) in [5.74, 6) is 1.31. The third-order valence-electron chi connectivity index (χ3n) is 7.08. The standard InChI is InChI=1S/C27H36N4O3/c1-28(24-9-4-3-5-10-24)27(33)22-12-14-29(15-13-22)21-26(32)31-18-16-30(17-19-31)20-23-8-6-7-11-25(23)34-2/h3-11,22H,12-21H2,1-2H3. The van der Waals surface area contributed by atoms with E-state index in [1.807, 2.05) is 60.5 Å². The SMILES string of the molecule is COc1ccccc1CN1CCN(C(=O)CN2CCC(C(=O)N(C)c3ccccc3)CC2)CC1. The average Bonchev–Trinajstić information content (AvgIpc) is 2.89. The molecular formula is C27H36N4O3. The van der Waals surface area contributed by atoms with E-state index in [9.17, 15) is 9.59 Å². The van der Waals surface area contributed by atoms with Crippen molar-refractivity contribution in [3.05, 3.63) is 60.2 Å². The van der Waals surface area contributed by atoms with Crippen LogP contribution in [0.2, 0.25) is 0 Å². The van der Waals surface area contributed by atoms with Gasteiger partial charge in [0.25, 0.3) is 0 Å². The first kappa shape index (κ1) is 24.2. The molecule has 0 aromatic heterocycles. The summed E-state index contributed by atoms with van der Waals surface area (Å²) in [6, 6.07) is 17.9. The number of methoxy groups -OCH3 is 1. The van der Waals surface area contributed by atoms with Gasteiger partial charge >= 0.3 is 0 Å². The van der Waals surface area contributed by atoms with Crippen LogP contribution in [0.15, 0.2) is 54.6 Å². The number of likely N-dealkylation sites (tertiary alicyclic amines) is 1. The van der Waals surface area contributed by atoms with Crippen molar-refractivity contribution in [1.29, 1.82) is 0 Å². The van der Waals surface area contributed by atoms with Gasteiger partial charge in [-0.2, -0.15) is 0 Å². The van der Waals surface area contributed by atoms with Crippen molar-refractivity contribution in [2.24, 2.45) is 5.92 Å². The van der Waals surface area contributed by atoms with Crippen LogP contribution in [0.5, 0.6) is 5.75 Å². The van der Waals surface area contributed by atoms with Crippen LogP contribution < -0.4 is 9.64 Å². The fourth-order valence-electron chi connectivity index (χ4n) is 4.91. The minimum absolute atomic E-state index is 0.0232. The Bertz CT molecular complexity index is 951. The number of hydrogen-bond donors (Lipinski definition) is 0. The number of ether oxygens (including phenoxy) is 1. The van der Waals surface area contributed by atoms with Crippen LogP contribution in [0.1, 0.15) is 18.4 Å². The summed E-state index contributed by atoms with van der Waals surface area (Å²) in [6.45, 7) is 6.11. The molecule has 0 atom stereocenters. The van der Waals surface area contributed by atoms with Gasteiger partial charge in [0.05, 0.1) is 13.7 Å². The van der Waals surface area contributed by atoms with E-state index in [1.165, 1.54) is 5.56 Å². The zero-order chi connectivity index (χ0) is 23.9. The summed E-state index contributed by atoms with van der Waals surface area (Å²) in [6.07, 6.45) is 1.60. The molecule has 7 heteroatoms. The van der Waals surface area contributed by atoms with E-state index >= 15 is 0 Å². The minimum atomic E-state index is 0.0232. The summed E-state index contributed by atoms with van der Waals surface area (Å²) < 4.78 is 5.47. The lowest BCUT2D eigenvalue weighted by Crippen LogP contribution is -2.52. The molecule has 0 unspecified atom stereocenters. The van der Waals surface area contributed by atoms with Crippen LogP contribution >= 0.6 is 0 Å². The second-order valence-electron chi connectivity index (χ2n) is 9.25. The van der Waals surface area contributed by atoms with Crippen LogP contribution in [-0.2, 0) is 16.1 Å². The van der Waals surface area contributed by atoms with Gasteiger partial charge in [-0.05, 0) is 44.1 Å². The highest BCUT2D eigenvalue weighted by molar-refractivity contribution is 5.94. The van der Waals surface area contributed by atoms with Crippen molar-refractivity contribution < 1.29 is 14.3 Å². The fraction of sp³-hybridized carbons (Fsp3) is 0.481. The summed E-state index contributed by atoms with van der Waals surface area (Å²) in [4.78, 5) is 34.1. The molecule has 2 aromatic carbocycles. The number of anilines is 1. The maximum atomic E-state index is 12.9. The monoisotopic (exact) mass is 464 g/mol. The Morgan fingerprint density at radius 3 is 2.21 bits per heavy atom. The van der Waals surface area contributed by atoms with Crippen molar-refractivity contribution in [2.75, 3.05) is 64.9 Å². The predicted molar refractivity (Wildman–Crippen MR) is 134 cm³/mol. The summed E-state index contributed by atoms with van der Waals surface area (Å²) in [7, 11) is 3.55. The van der Waals surface area contributed by atoms with Crippen LogP contribution in [0.25, 0.3) is 0 Å². The quantitative estimate of drug-likeness (QED) is 0.631. The van der Waals surface area contributed by atoms with E-state index in [-0.39, 0.29) is 17.7 Å². The number of carbonyl (C=O) groups excluding carboxylic acids is 2. The van der Waals surface area contributed by atoms with Gasteiger partial charge in [0.1, 0.15) is 5.75 Å². The lowest BCUT2D eigenvalue weighted by atomic mass is 9.95. The highest BCUT2D eigenvalue weighted by Gasteiger charge is 2.30. The van der Waals surface area contributed by atoms with E-state index in [0.717, 1.165) is 70.1 Å². The van der Waals surface area contributed by atoms with E-state index in [0.29, 0.717) is 6.54 Å². The maximum absolute atomic E-state index is 12.9. The van der Waals surface area contributed by atoms with Gasteiger partial charge in [-0.3, -0.25) is 19.4 Å². The second kappa shape index (κ2) is 11.5. The van der Waals surface area contributed by atoms with E-state index < -0.39 is 0 Å². The van der Waals surface area contributed by atoms with Crippen LogP contribution in [0.3, 0.4) is 0 Å². The van der Waals surface area contributed by atoms with Crippen LogP contribution in [0.4, 0.5) is 5.69 Å². The highest BCUT2D eigenvalue weighted by Crippen LogP contribution is 2.23. The molecule has 0 radical (unpaired) electrons. The van der Waals surface area contributed by atoms with Crippen molar-refractivity contribution in [3.63, 3.8) is 0 Å². The van der Waals surface area contributed by atoms with Gasteiger partial charge in [-0.15, -0.1) is 0 Å². The molecule has 2 heterocycles. The number of rotatable bonds is 7. The smallest absolute Gasteiger partial charge is 0.236 e. The Morgan fingerprint density at radius 2 is 1.53 bits per heavy atom. The highest BCUT2D eigenvalue weighted by atomic mass is 16.5. The average molecular weight is 465 g/mol. The number of amides is 2. The molecule has 2 amide bonds. The maximum Gasteiger partial charge on any atom is 0.236 e. The topological polar surface area (TPSA) is 56.3 Å². The minimum Gasteiger partial charge on any atom is -0.496 e. The van der Waals surface area contributed by atoms with Crippen molar-refractivity contribution >= 4 is 17.5 Å². The van der Waals surface area contributed by atoms with Gasteiger partial charge in [0, 0.05) is 56.9 Å². The van der Waals surface area contributed by atoms with E-state index in [1.54, 1.807) is 12.0 Å². The normalized spacial score (nSPS) is 18.0. The Hall–Kier alpha value is -2.90. The lowest BCUT2D eigenvalue weighted by Gasteiger charge is -2.37. The molecule has 0 saturated carbocycles. The summed E-state index contributed by atoms with van der Waals surface area (Å²) in [5, 5.41) is 0. The molecule has 182 valence electrons. The van der Waals surface area contributed by atoms with E-state index in [2.05, 4.69) is 15.9 Å². The Morgan fingerprint density at radius 1 is 0.882 bits per heavy atom. The molecule has 7 nitrogen and oxygen atoms in total. The molecule has 4 rings (SSSR count). The van der Waals surface area contributed by atoms with E-state index in [4.69, 9.17) is 4.74 Å². The molecule has 2 aliphatic rings. The number of carbonyl (C=O) groups is 2. The van der Waals surface area contributed by atoms with Crippen molar-refractivity contribution in [1.82, 2.24) is 14.7 Å². The third kappa shape index (κ3) is 5.96. The molecule has 2 aliphatic heterocycles. The largest absolute Gasteiger partial charge is 0.496 e. The van der Waals surface area contributed by atoms with Crippen LogP contribution in [0, 0.1) is 5.92 Å². The number of nitrogens with zero attached hydrogens (tertiary/aromatic N) is 4. The van der Waals surface area contributed by atoms with Gasteiger partial charge in [0.2, 0.25) is 11.8 Å². The first-order chi connectivity index (χ1) is 16.5. The fourth-order valence-corrected chi connectivity index (χ4v) is 4.91. The zero-order valence-corrected chi connectivity index (χ0v) is 20.4. The molecule has 0 aliphatic carbocycles. The lowest BCUT2D eigenvalue weighted by molar-refractivity contribution is -0.134. The Balaban J connectivity index is 1.19. The van der Waals surface area contributed by atoms with Gasteiger partial charge in [0.15, 0.2) is 0 Å². The first-order valence-electron chi connectivity index (χ1n) is 12.2. The van der Waals surface area contributed by atoms with Crippen molar-refractivity contribution in [2.45, 2.75) is 19.4 Å². The number of para-hydroxylation sites is 2. The number of piperidine rings is 1. The molecular weight excluding hydrogens is 428 g/mol. The molecule has 2 fully saturated rings. The van der Waals surface area contributed by atoms with Gasteiger partial charge in [-0.25, -0.2) is 0 Å². The number of hydrogen-bond acceptors (Lipinski definition) is 5. The zero-order valence-electron chi connectivity index (χ0n) is 20.4. The summed E-state index contributed by atoms with van der Waals surface area (Å²) in [5.41, 5.74) is 2.11. The third-order valence-corrected chi connectivity index (χ3v) is 7.08. The van der Waals surface area contributed by atoms with Crippen molar-refractivity contribution in [3.8, 4) is 5.75 Å². The van der Waals surface area contributed by atoms with Crippen LogP contribution in [-0.4, -0.2) is 86.5 Å². The molecule has 0 N–H and O–H groups in total. The van der Waals surface area contributed by atoms with Gasteiger partial charge < -0.3 is 14.5 Å². The summed E-state index contributed by atoms with van der Waals surface area (Å²) >= 11 is 0. The second-order valence-corrected chi connectivity index (χ2v) is 9.25. The first-order valence-corrected chi connectivity index (χ1v) is 12.2.